The molecule has 2 aliphatic rings. The Morgan fingerprint density at radius 2 is 2.03 bits per heavy atom. The molecule has 3 N–H and O–H groups in total. The van der Waals surface area contributed by atoms with E-state index in [1.165, 1.54) is 12.1 Å². The standard InChI is InChI=1S/C22H23F2N5O2S/c23-19(24)14-5-6-17-16(9-14)20(26-11-22(25)12-31-13-22)28-21(27-17)29-7-8-32(30)18-4-2-1-3-15(18)10-29/h1-6,9,19H,7-8,10-13,25H2,(H,26,27,28). The fourth-order valence-corrected chi connectivity index (χ4v) is 5.15. The molecule has 0 bridgehead atoms. The Kier molecular flexibility index (Phi) is 5.62. The minimum Gasteiger partial charge on any atom is -0.611 e. The van der Waals surface area contributed by atoms with Gasteiger partial charge in [0.25, 0.3) is 6.43 Å². The van der Waals surface area contributed by atoms with Gasteiger partial charge in [0, 0.05) is 23.1 Å². The van der Waals surface area contributed by atoms with E-state index in [-0.39, 0.29) is 5.56 Å². The maximum absolute atomic E-state index is 13.3. The van der Waals surface area contributed by atoms with Crippen molar-refractivity contribution in [2.24, 2.45) is 5.73 Å². The quantitative estimate of drug-likeness (QED) is 0.566. The van der Waals surface area contributed by atoms with Crippen LogP contribution < -0.4 is 16.0 Å². The average Bonchev–Trinajstić information content (AvgIpc) is 2.94. The number of anilines is 2. The van der Waals surface area contributed by atoms with Crippen molar-refractivity contribution in [2.75, 3.05) is 42.3 Å². The maximum atomic E-state index is 13.3. The van der Waals surface area contributed by atoms with Crippen molar-refractivity contribution in [3.63, 3.8) is 0 Å². The van der Waals surface area contributed by atoms with Gasteiger partial charge >= 0.3 is 0 Å². The van der Waals surface area contributed by atoms with E-state index in [1.807, 2.05) is 29.2 Å². The zero-order valence-corrected chi connectivity index (χ0v) is 18.1. The number of aromatic nitrogens is 2. The molecule has 10 heteroatoms. The van der Waals surface area contributed by atoms with Crippen molar-refractivity contribution in [1.29, 1.82) is 0 Å². The van der Waals surface area contributed by atoms with Crippen LogP contribution in [0.25, 0.3) is 10.9 Å². The Morgan fingerprint density at radius 1 is 1.22 bits per heavy atom. The molecule has 1 fully saturated rings. The lowest BCUT2D eigenvalue weighted by molar-refractivity contribution is -0.0461. The van der Waals surface area contributed by atoms with Crippen LogP contribution in [0.1, 0.15) is 17.6 Å². The highest BCUT2D eigenvalue weighted by molar-refractivity contribution is 7.91. The molecule has 1 unspecified atom stereocenters. The summed E-state index contributed by atoms with van der Waals surface area (Å²) in [4.78, 5) is 12.1. The second kappa shape index (κ2) is 8.43. The third kappa shape index (κ3) is 4.11. The van der Waals surface area contributed by atoms with Crippen LogP contribution in [0.3, 0.4) is 0 Å². The van der Waals surface area contributed by atoms with Crippen LogP contribution in [0.5, 0.6) is 0 Å². The third-order valence-electron chi connectivity index (χ3n) is 5.76. The molecule has 0 spiro atoms. The molecule has 3 aromatic rings. The Labute approximate surface area is 187 Å². The Morgan fingerprint density at radius 3 is 2.78 bits per heavy atom. The topological polar surface area (TPSA) is 99.4 Å². The predicted octanol–water partition coefficient (Wildman–Crippen LogP) is 2.83. The van der Waals surface area contributed by atoms with Crippen LogP contribution in [0.2, 0.25) is 0 Å². The SMILES string of the molecule is NC1(CNc2nc(N3CC[S+]([O-])c4ccccc4C3)nc3ccc(C(F)F)cc23)COC1. The first-order chi connectivity index (χ1) is 15.4. The highest BCUT2D eigenvalue weighted by atomic mass is 32.2. The highest BCUT2D eigenvalue weighted by Crippen LogP contribution is 2.31. The first-order valence-corrected chi connectivity index (χ1v) is 11.7. The minimum absolute atomic E-state index is 0.0922. The van der Waals surface area contributed by atoms with Crippen molar-refractivity contribution >= 4 is 33.8 Å². The average molecular weight is 460 g/mol. The molecular weight excluding hydrogens is 436 g/mol. The first-order valence-electron chi connectivity index (χ1n) is 10.3. The molecule has 0 saturated carbocycles. The summed E-state index contributed by atoms with van der Waals surface area (Å²) in [6.45, 7) is 2.26. The van der Waals surface area contributed by atoms with Gasteiger partial charge in [-0.25, -0.2) is 13.8 Å². The number of fused-ring (bicyclic) bond motifs is 2. The molecular formula is C22H23F2N5O2S. The van der Waals surface area contributed by atoms with Crippen LogP contribution in [-0.2, 0) is 22.5 Å². The van der Waals surface area contributed by atoms with Gasteiger partial charge in [-0.15, -0.1) is 0 Å². The van der Waals surface area contributed by atoms with Gasteiger partial charge in [0.15, 0.2) is 4.90 Å². The summed E-state index contributed by atoms with van der Waals surface area (Å²) in [5.74, 6) is 1.35. The van der Waals surface area contributed by atoms with Crippen LogP contribution >= 0.6 is 0 Å². The number of hydrogen-bond acceptors (Lipinski definition) is 7. The summed E-state index contributed by atoms with van der Waals surface area (Å²) >= 11 is -1.10. The fourth-order valence-electron chi connectivity index (χ4n) is 3.89. The molecule has 3 heterocycles. The number of rotatable bonds is 5. The molecule has 5 rings (SSSR count). The summed E-state index contributed by atoms with van der Waals surface area (Å²) in [7, 11) is 0. The molecule has 1 atom stereocenters. The predicted molar refractivity (Wildman–Crippen MR) is 119 cm³/mol. The molecule has 168 valence electrons. The van der Waals surface area contributed by atoms with Crippen molar-refractivity contribution in [1.82, 2.24) is 9.97 Å². The van der Waals surface area contributed by atoms with Gasteiger partial charge in [-0.05, 0) is 29.4 Å². The second-order valence-electron chi connectivity index (χ2n) is 8.24. The highest BCUT2D eigenvalue weighted by Gasteiger charge is 2.34. The van der Waals surface area contributed by atoms with E-state index in [2.05, 4.69) is 15.3 Å². The maximum Gasteiger partial charge on any atom is 0.263 e. The number of nitrogens with two attached hydrogens (primary N) is 1. The van der Waals surface area contributed by atoms with Crippen LogP contribution in [0.4, 0.5) is 20.5 Å². The zero-order valence-electron chi connectivity index (χ0n) is 17.3. The number of ether oxygens (including phenoxy) is 1. The smallest absolute Gasteiger partial charge is 0.263 e. The van der Waals surface area contributed by atoms with Gasteiger partial charge in [-0.3, -0.25) is 0 Å². The summed E-state index contributed by atoms with van der Waals surface area (Å²) in [5.41, 5.74) is 7.15. The lowest BCUT2D eigenvalue weighted by Crippen LogP contribution is -2.61. The fraction of sp³-hybridized carbons (Fsp3) is 0.364. The lowest BCUT2D eigenvalue weighted by Gasteiger charge is -2.38. The molecule has 0 radical (unpaired) electrons. The Balaban J connectivity index is 1.53. The molecule has 0 aliphatic carbocycles. The first kappa shape index (κ1) is 21.3. The van der Waals surface area contributed by atoms with Crippen LogP contribution in [0.15, 0.2) is 47.4 Å². The molecule has 2 aromatic carbocycles. The van der Waals surface area contributed by atoms with Crippen molar-refractivity contribution in [2.45, 2.75) is 23.4 Å². The summed E-state index contributed by atoms with van der Waals surface area (Å²) in [5, 5.41) is 3.74. The third-order valence-corrected chi connectivity index (χ3v) is 7.20. The summed E-state index contributed by atoms with van der Waals surface area (Å²) in [6.07, 6.45) is -2.59. The van der Waals surface area contributed by atoms with Crippen LogP contribution in [-0.4, -0.2) is 52.1 Å². The van der Waals surface area contributed by atoms with Crippen molar-refractivity contribution in [3.8, 4) is 0 Å². The van der Waals surface area contributed by atoms with Gasteiger partial charge in [0.05, 0.1) is 37.4 Å². The molecule has 7 nitrogen and oxygen atoms in total. The Bertz CT molecular complexity index is 1140. The number of halogens is 2. The van der Waals surface area contributed by atoms with E-state index in [1.54, 1.807) is 6.07 Å². The van der Waals surface area contributed by atoms with Gasteiger partial charge in [0.2, 0.25) is 5.95 Å². The molecule has 1 saturated heterocycles. The zero-order chi connectivity index (χ0) is 22.3. The molecule has 32 heavy (non-hydrogen) atoms. The number of benzene rings is 2. The number of nitrogens with one attached hydrogen (secondary N) is 1. The summed E-state index contributed by atoms with van der Waals surface area (Å²) in [6, 6.07) is 12.0. The van der Waals surface area contributed by atoms with Crippen molar-refractivity contribution in [3.05, 3.63) is 53.6 Å². The normalized spacial score (nSPS) is 20.0. The lowest BCUT2D eigenvalue weighted by atomic mass is 9.99. The van der Waals surface area contributed by atoms with E-state index in [0.29, 0.717) is 61.3 Å². The Hall–Kier alpha value is -2.53. The van der Waals surface area contributed by atoms with E-state index in [9.17, 15) is 13.3 Å². The number of hydrogen-bond donors (Lipinski definition) is 2. The minimum atomic E-state index is -2.59. The van der Waals surface area contributed by atoms with Crippen LogP contribution in [0, 0.1) is 0 Å². The molecule has 2 aliphatic heterocycles. The van der Waals surface area contributed by atoms with Crippen molar-refractivity contribution < 1.29 is 18.1 Å². The van der Waals surface area contributed by atoms with Gasteiger partial charge < -0.3 is 25.2 Å². The van der Waals surface area contributed by atoms with E-state index >= 15 is 0 Å². The van der Waals surface area contributed by atoms with Gasteiger partial charge in [-0.2, -0.15) is 4.98 Å². The van der Waals surface area contributed by atoms with Gasteiger partial charge in [-0.1, -0.05) is 24.3 Å². The van der Waals surface area contributed by atoms with E-state index in [0.717, 1.165) is 10.5 Å². The molecule has 0 amide bonds. The number of nitrogens with zero attached hydrogens (tertiary/aromatic N) is 3. The van der Waals surface area contributed by atoms with Gasteiger partial charge in [0.1, 0.15) is 11.6 Å². The van der Waals surface area contributed by atoms with E-state index in [4.69, 9.17) is 10.5 Å². The summed E-state index contributed by atoms with van der Waals surface area (Å²) < 4.78 is 44.5. The largest absolute Gasteiger partial charge is 0.611 e. The number of alkyl halides is 2. The monoisotopic (exact) mass is 459 g/mol. The van der Waals surface area contributed by atoms with E-state index < -0.39 is 23.1 Å². The second-order valence-corrected chi connectivity index (χ2v) is 9.78. The molecule has 1 aromatic heterocycles.